The molecule has 0 aliphatic rings. The number of amides is 1. The Balaban J connectivity index is 2.24. The van der Waals surface area contributed by atoms with Gasteiger partial charge in [0.25, 0.3) is 5.91 Å². The van der Waals surface area contributed by atoms with Gasteiger partial charge in [-0.05, 0) is 35.0 Å². The second kappa shape index (κ2) is 7.25. The summed E-state index contributed by atoms with van der Waals surface area (Å²) in [7, 11) is 3.12. The van der Waals surface area contributed by atoms with Gasteiger partial charge in [0.1, 0.15) is 5.01 Å². The van der Waals surface area contributed by atoms with Crippen LogP contribution in [-0.4, -0.2) is 29.8 Å². The lowest BCUT2D eigenvalue weighted by Gasteiger charge is -2.11. The average molecular weight is 351 g/mol. The van der Waals surface area contributed by atoms with Crippen LogP contribution in [0.25, 0.3) is 0 Å². The molecule has 2 aromatic rings. The van der Waals surface area contributed by atoms with E-state index in [1.54, 1.807) is 18.2 Å². The number of rotatable bonds is 5. The number of aromatic nitrogens is 1. The number of carbonyl (C=O) groups is 3. The van der Waals surface area contributed by atoms with Crippen LogP contribution in [-0.2, 0) is 19.1 Å². The molecule has 0 aliphatic carbocycles. The van der Waals surface area contributed by atoms with E-state index in [-0.39, 0.29) is 9.81 Å². The van der Waals surface area contributed by atoms with Crippen LogP contribution >= 0.6 is 20.7 Å². The summed E-state index contributed by atoms with van der Waals surface area (Å²) in [6.07, 6.45) is 0. The topological polar surface area (TPSA) is 109 Å². The number of ketones is 1. The maximum Gasteiger partial charge on any atom is 0.323 e. The lowest BCUT2D eigenvalue weighted by Crippen LogP contribution is -2.33. The van der Waals surface area contributed by atoms with Gasteiger partial charge in [0, 0.05) is 5.69 Å². The van der Waals surface area contributed by atoms with Crippen LogP contribution < -0.4 is 10.1 Å². The first-order valence-electron chi connectivity index (χ1n) is 6.43. The molecular weight excluding hydrogens is 338 g/mol. The minimum Gasteiger partial charge on any atom is -0.468 e. The van der Waals surface area contributed by atoms with E-state index in [1.165, 1.54) is 0 Å². The number of methoxy groups -OCH3 is 1. The smallest absolute Gasteiger partial charge is 0.323 e. The fourth-order valence-electron chi connectivity index (χ4n) is 1.82. The largest absolute Gasteiger partial charge is 0.468 e. The predicted octanol–water partition coefficient (Wildman–Crippen LogP) is 1.46. The Bertz CT molecular complexity index is 812. The van der Waals surface area contributed by atoms with Crippen molar-refractivity contribution in [3.63, 3.8) is 0 Å². The molecule has 2 N–H and O–H groups in total. The first-order valence-corrected chi connectivity index (χ1v) is 8.58. The van der Waals surface area contributed by atoms with Crippen molar-refractivity contribution in [3.05, 3.63) is 39.6 Å². The highest BCUT2D eigenvalue weighted by molar-refractivity contribution is 7.68. The summed E-state index contributed by atoms with van der Waals surface area (Å²) in [6.45, 7) is 1.85. The van der Waals surface area contributed by atoms with Crippen molar-refractivity contribution >= 4 is 44.0 Å². The SMILES string of the molecule is COC(=O)[C@@H](C(=O)C(=O)Nc1cccc(C)c1)c1nc(=N)ss1. The third-order valence-corrected chi connectivity index (χ3v) is 4.93. The molecule has 0 spiro atoms. The molecule has 1 atom stereocenters. The quantitative estimate of drug-likeness (QED) is 0.367. The van der Waals surface area contributed by atoms with E-state index in [0.29, 0.717) is 5.69 Å². The van der Waals surface area contributed by atoms with Gasteiger partial charge in [0.15, 0.2) is 5.92 Å². The lowest BCUT2D eigenvalue weighted by atomic mass is 10.0. The molecule has 0 aliphatic heterocycles. The zero-order valence-electron chi connectivity index (χ0n) is 12.3. The molecule has 9 heteroatoms. The number of nitrogens with one attached hydrogen (secondary N) is 2. The summed E-state index contributed by atoms with van der Waals surface area (Å²) >= 11 is 0. The van der Waals surface area contributed by atoms with E-state index < -0.39 is 23.6 Å². The maximum atomic E-state index is 12.3. The second-order valence-electron chi connectivity index (χ2n) is 4.57. The molecule has 0 saturated heterocycles. The first kappa shape index (κ1) is 17.0. The Morgan fingerprint density at radius 3 is 2.61 bits per heavy atom. The average Bonchev–Trinajstić information content (AvgIpc) is 2.93. The Labute approximate surface area is 138 Å². The Hall–Kier alpha value is -2.39. The zero-order chi connectivity index (χ0) is 17.0. The number of anilines is 1. The van der Waals surface area contributed by atoms with Gasteiger partial charge in [0.2, 0.25) is 10.6 Å². The van der Waals surface area contributed by atoms with Crippen molar-refractivity contribution < 1.29 is 19.1 Å². The lowest BCUT2D eigenvalue weighted by molar-refractivity contribution is -0.148. The fourth-order valence-corrected chi connectivity index (χ4v) is 3.61. The molecule has 23 heavy (non-hydrogen) atoms. The van der Waals surface area contributed by atoms with Crippen molar-refractivity contribution in [1.29, 1.82) is 5.41 Å². The maximum absolute atomic E-state index is 12.3. The van der Waals surface area contributed by atoms with E-state index in [4.69, 9.17) is 5.41 Å². The molecule has 0 saturated carbocycles. The van der Waals surface area contributed by atoms with Gasteiger partial charge in [-0.3, -0.25) is 19.8 Å². The summed E-state index contributed by atoms with van der Waals surface area (Å²) in [5.74, 6) is -4.24. The van der Waals surface area contributed by atoms with Crippen LogP contribution in [0.4, 0.5) is 5.69 Å². The van der Waals surface area contributed by atoms with Gasteiger partial charge in [-0.2, -0.15) is 0 Å². The van der Waals surface area contributed by atoms with E-state index in [2.05, 4.69) is 15.0 Å². The summed E-state index contributed by atoms with van der Waals surface area (Å²) in [5, 5.41) is 9.95. The number of aryl methyl sites for hydroxylation is 1. The number of hydrogen-bond donors (Lipinski definition) is 2. The normalized spacial score (nSPS) is 11.6. The van der Waals surface area contributed by atoms with Gasteiger partial charge in [0.05, 0.1) is 7.11 Å². The summed E-state index contributed by atoms with van der Waals surface area (Å²) < 4.78 is 4.59. The summed E-state index contributed by atoms with van der Waals surface area (Å²) in [4.78, 5) is 40.1. The Morgan fingerprint density at radius 1 is 1.30 bits per heavy atom. The van der Waals surface area contributed by atoms with Gasteiger partial charge in [-0.25, -0.2) is 4.98 Å². The highest BCUT2D eigenvalue weighted by Crippen LogP contribution is 2.22. The molecule has 0 radical (unpaired) electrons. The van der Waals surface area contributed by atoms with E-state index >= 15 is 0 Å². The molecule has 0 unspecified atom stereocenters. The zero-order valence-corrected chi connectivity index (χ0v) is 13.9. The fraction of sp³-hybridized carbons (Fsp3) is 0.214. The van der Waals surface area contributed by atoms with Crippen molar-refractivity contribution in [2.75, 3.05) is 12.4 Å². The Kier molecular flexibility index (Phi) is 5.35. The number of carbonyl (C=O) groups excluding carboxylic acids is 3. The molecule has 1 heterocycles. The van der Waals surface area contributed by atoms with Crippen molar-refractivity contribution in [3.8, 4) is 0 Å². The molecule has 1 aromatic carbocycles. The minimum atomic E-state index is -1.45. The van der Waals surface area contributed by atoms with Gasteiger partial charge >= 0.3 is 5.97 Å². The van der Waals surface area contributed by atoms with Gasteiger partial charge < -0.3 is 10.1 Å². The van der Waals surface area contributed by atoms with Crippen molar-refractivity contribution in [2.45, 2.75) is 12.8 Å². The highest BCUT2D eigenvalue weighted by atomic mass is 32.9. The van der Waals surface area contributed by atoms with Crippen molar-refractivity contribution in [1.82, 2.24) is 4.98 Å². The first-order chi connectivity index (χ1) is 10.9. The summed E-state index contributed by atoms with van der Waals surface area (Å²) in [6, 6.07) is 6.92. The van der Waals surface area contributed by atoms with Gasteiger partial charge in [-0.1, -0.05) is 22.5 Å². The number of benzene rings is 1. The van der Waals surface area contributed by atoms with E-state index in [0.717, 1.165) is 33.4 Å². The molecule has 2 rings (SSSR count). The van der Waals surface area contributed by atoms with E-state index in [1.807, 2.05) is 13.0 Å². The number of esters is 1. The summed E-state index contributed by atoms with van der Waals surface area (Å²) in [5.41, 5.74) is 1.37. The predicted molar refractivity (Wildman–Crippen MR) is 85.4 cm³/mol. The van der Waals surface area contributed by atoms with Crippen LogP contribution in [0.2, 0.25) is 0 Å². The molecule has 0 bridgehead atoms. The van der Waals surface area contributed by atoms with E-state index in [9.17, 15) is 14.4 Å². The van der Waals surface area contributed by atoms with Crippen LogP contribution in [0.15, 0.2) is 24.3 Å². The van der Waals surface area contributed by atoms with Crippen molar-refractivity contribution in [2.24, 2.45) is 0 Å². The third-order valence-electron chi connectivity index (χ3n) is 2.86. The third kappa shape index (κ3) is 4.08. The van der Waals surface area contributed by atoms with Crippen LogP contribution in [0, 0.1) is 12.3 Å². The highest BCUT2D eigenvalue weighted by Gasteiger charge is 2.36. The standard InChI is InChI=1S/C14H13N3O4S2/c1-7-4-3-5-8(6-7)16-11(19)10(18)9(13(20)21-2)12-17-14(15)23-22-12/h3-6,9,15H,1-2H3,(H,16,19)/t9-/m0/s1. The molecule has 1 amide bonds. The monoisotopic (exact) mass is 351 g/mol. The second-order valence-corrected chi connectivity index (χ2v) is 6.70. The number of Topliss-reactive ketones (excluding diaryl/α,β-unsaturated/α-hetero) is 1. The molecule has 0 fully saturated rings. The Morgan fingerprint density at radius 2 is 2.04 bits per heavy atom. The van der Waals surface area contributed by atoms with Crippen LogP contribution in [0.3, 0.4) is 0 Å². The molecule has 1 aromatic heterocycles. The molecule has 7 nitrogen and oxygen atoms in total. The number of hydrogen-bond acceptors (Lipinski definition) is 8. The molecular formula is C14H13N3O4S2. The van der Waals surface area contributed by atoms with Crippen LogP contribution in [0.5, 0.6) is 0 Å². The minimum absolute atomic E-state index is 0.0363. The molecule has 120 valence electrons. The van der Waals surface area contributed by atoms with Gasteiger partial charge in [-0.15, -0.1) is 0 Å². The number of nitrogens with zero attached hydrogens (tertiary/aromatic N) is 1. The number of ether oxygens (including phenoxy) is 1. The van der Waals surface area contributed by atoms with Crippen LogP contribution in [0.1, 0.15) is 16.5 Å².